The van der Waals surface area contributed by atoms with E-state index < -0.39 is 24.1 Å². The van der Waals surface area contributed by atoms with Gasteiger partial charge in [0.2, 0.25) is 0 Å². The maximum Gasteiger partial charge on any atom is 0.407 e. The number of nitrogens with one attached hydrogen (secondary N) is 2. The molecule has 0 aliphatic carbocycles. The average Bonchev–Trinajstić information content (AvgIpc) is 3.00. The molecule has 0 heterocycles. The van der Waals surface area contributed by atoms with Crippen molar-refractivity contribution in [3.63, 3.8) is 0 Å². The van der Waals surface area contributed by atoms with E-state index in [4.69, 9.17) is 18.9 Å². The molecule has 0 atom stereocenters. The molecule has 2 rings (SSSR count). The van der Waals surface area contributed by atoms with Crippen LogP contribution in [0.5, 0.6) is 0 Å². The summed E-state index contributed by atoms with van der Waals surface area (Å²) in [7, 11) is 0. The highest BCUT2D eigenvalue weighted by Crippen LogP contribution is 2.10. The molecule has 0 aliphatic rings. The smallest absolute Gasteiger partial charge is 0.407 e. The fourth-order valence-corrected chi connectivity index (χ4v) is 3.67. The fraction of sp³-hybridized carbons (Fsp3) is 0.406. The Morgan fingerprint density at radius 2 is 1.19 bits per heavy atom. The van der Waals surface area contributed by atoms with E-state index in [0.29, 0.717) is 32.4 Å². The quantitative estimate of drug-likeness (QED) is 0.0710. The van der Waals surface area contributed by atoms with E-state index in [-0.39, 0.29) is 32.0 Å². The average molecular weight is 581 g/mol. The van der Waals surface area contributed by atoms with Crippen molar-refractivity contribution in [3.8, 4) is 0 Å². The summed E-state index contributed by atoms with van der Waals surface area (Å²) < 4.78 is 20.2. The number of amides is 2. The van der Waals surface area contributed by atoms with Gasteiger partial charge in [-0.15, -0.1) is 0 Å². The highest BCUT2D eigenvalue weighted by molar-refractivity contribution is 5.73. The maximum atomic E-state index is 12.0. The van der Waals surface area contributed by atoms with Crippen LogP contribution in [-0.2, 0) is 41.5 Å². The predicted molar refractivity (Wildman–Crippen MR) is 156 cm³/mol. The molecule has 2 amide bonds. The standard InChI is InChI=1S/C32H40N2O8/c1-2-30(42-29(36)21-20-26-15-8-6-9-16-26)41-28(35)19-12-4-3-5-13-22-33-31(37)39-23-14-24-40-32(38)34-25-27-17-10-7-11-18-27/h6-11,15-18H,1,3-5,12-14,19-25H2,(H,33,37)(H,34,38). The van der Waals surface area contributed by atoms with Gasteiger partial charge in [0, 0.05) is 25.9 Å². The zero-order valence-electron chi connectivity index (χ0n) is 23.9. The Morgan fingerprint density at radius 1 is 0.643 bits per heavy atom. The first-order valence-corrected chi connectivity index (χ1v) is 14.2. The van der Waals surface area contributed by atoms with Gasteiger partial charge in [-0.25, -0.2) is 9.59 Å². The summed E-state index contributed by atoms with van der Waals surface area (Å²) >= 11 is 0. The number of unbranched alkanes of at least 4 members (excludes halogenated alkanes) is 4. The number of benzene rings is 2. The molecule has 0 spiro atoms. The second-order valence-electron chi connectivity index (χ2n) is 9.31. The highest BCUT2D eigenvalue weighted by Gasteiger charge is 2.13. The first-order chi connectivity index (χ1) is 20.5. The Labute approximate surface area is 247 Å². The van der Waals surface area contributed by atoms with Gasteiger partial charge in [-0.1, -0.05) is 79.9 Å². The van der Waals surface area contributed by atoms with Crippen LogP contribution in [0.15, 0.2) is 78.9 Å². The predicted octanol–water partition coefficient (Wildman–Crippen LogP) is 5.72. The van der Waals surface area contributed by atoms with E-state index in [1.54, 1.807) is 0 Å². The number of carbonyl (C=O) groups excluding carboxylic acids is 4. The van der Waals surface area contributed by atoms with Crippen molar-refractivity contribution in [3.05, 3.63) is 90.0 Å². The Bertz CT molecular complexity index is 1150. The van der Waals surface area contributed by atoms with Crippen LogP contribution < -0.4 is 10.6 Å². The molecule has 0 saturated carbocycles. The molecule has 2 aromatic carbocycles. The third-order valence-corrected chi connectivity index (χ3v) is 5.88. The van der Waals surface area contributed by atoms with Gasteiger partial charge in [0.1, 0.15) is 0 Å². The molecule has 2 N–H and O–H groups in total. The number of rotatable bonds is 19. The van der Waals surface area contributed by atoms with Crippen molar-refractivity contribution in [1.29, 1.82) is 0 Å². The molecular weight excluding hydrogens is 540 g/mol. The largest absolute Gasteiger partial charge is 0.449 e. The minimum Gasteiger partial charge on any atom is -0.449 e. The Kier molecular flexibility index (Phi) is 17.0. The summed E-state index contributed by atoms with van der Waals surface area (Å²) in [6, 6.07) is 19.0. The first-order valence-electron chi connectivity index (χ1n) is 14.2. The lowest BCUT2D eigenvalue weighted by Gasteiger charge is -2.09. The second kappa shape index (κ2) is 21.2. The molecule has 2 aromatic rings. The molecule has 0 unspecified atom stereocenters. The van der Waals surface area contributed by atoms with Crippen LogP contribution in [0.25, 0.3) is 0 Å². The van der Waals surface area contributed by atoms with E-state index in [0.717, 1.165) is 36.8 Å². The van der Waals surface area contributed by atoms with Crippen LogP contribution in [0.1, 0.15) is 62.5 Å². The van der Waals surface area contributed by atoms with Crippen LogP contribution in [0, 0.1) is 0 Å². The molecule has 0 saturated heterocycles. The fourth-order valence-electron chi connectivity index (χ4n) is 3.67. The summed E-state index contributed by atoms with van der Waals surface area (Å²) in [5.41, 5.74) is 4.32. The molecule has 226 valence electrons. The SMILES string of the molecule is C=C=C(OC(=O)CCCCCCCNC(=O)OCCCOC(=O)NCc1ccccc1)OC(=O)CCc1ccccc1. The first kappa shape index (κ1) is 33.6. The minimum atomic E-state index is -0.525. The highest BCUT2D eigenvalue weighted by atomic mass is 16.7. The molecule has 0 aromatic heterocycles. The molecule has 42 heavy (non-hydrogen) atoms. The van der Waals surface area contributed by atoms with Gasteiger partial charge >= 0.3 is 30.1 Å². The Balaban J connectivity index is 1.39. The summed E-state index contributed by atoms with van der Waals surface area (Å²) in [5, 5.41) is 5.33. The van der Waals surface area contributed by atoms with Crippen molar-refractivity contribution in [1.82, 2.24) is 10.6 Å². The summed E-state index contributed by atoms with van der Waals surface area (Å²) in [5.74, 6) is -1.36. The van der Waals surface area contributed by atoms with Gasteiger partial charge in [-0.05, 0) is 42.7 Å². The lowest BCUT2D eigenvalue weighted by atomic mass is 10.1. The normalized spacial score (nSPS) is 10.1. The zero-order valence-corrected chi connectivity index (χ0v) is 23.9. The van der Waals surface area contributed by atoms with E-state index in [1.165, 1.54) is 0 Å². The lowest BCUT2D eigenvalue weighted by molar-refractivity contribution is -0.153. The maximum absolute atomic E-state index is 12.0. The summed E-state index contributed by atoms with van der Waals surface area (Å²) in [4.78, 5) is 47.4. The van der Waals surface area contributed by atoms with Gasteiger partial charge in [0.05, 0.1) is 19.6 Å². The molecule has 0 fully saturated rings. The molecule has 0 aliphatic heterocycles. The molecule has 10 nitrogen and oxygen atoms in total. The van der Waals surface area contributed by atoms with Crippen LogP contribution in [0.4, 0.5) is 9.59 Å². The molecule has 10 heteroatoms. The van der Waals surface area contributed by atoms with Gasteiger partial charge in [-0.3, -0.25) is 9.59 Å². The Hall–Kier alpha value is -4.56. The summed E-state index contributed by atoms with van der Waals surface area (Å²) in [6.07, 6.45) is 4.15. The molecular formula is C32H40N2O8. The van der Waals surface area contributed by atoms with Crippen molar-refractivity contribution in [2.24, 2.45) is 0 Å². The monoisotopic (exact) mass is 580 g/mol. The van der Waals surface area contributed by atoms with E-state index >= 15 is 0 Å². The zero-order chi connectivity index (χ0) is 30.3. The van der Waals surface area contributed by atoms with Crippen LogP contribution in [0.2, 0.25) is 0 Å². The third kappa shape index (κ3) is 16.5. The second-order valence-corrected chi connectivity index (χ2v) is 9.31. The number of hydrogen-bond acceptors (Lipinski definition) is 8. The third-order valence-electron chi connectivity index (χ3n) is 5.88. The van der Waals surface area contributed by atoms with Crippen LogP contribution in [-0.4, -0.2) is 43.9 Å². The number of aryl methyl sites for hydroxylation is 1. The lowest BCUT2D eigenvalue weighted by Crippen LogP contribution is -2.27. The van der Waals surface area contributed by atoms with Gasteiger partial charge in [-0.2, -0.15) is 0 Å². The van der Waals surface area contributed by atoms with Gasteiger partial charge < -0.3 is 29.6 Å². The van der Waals surface area contributed by atoms with Crippen molar-refractivity contribution in [2.75, 3.05) is 19.8 Å². The topological polar surface area (TPSA) is 129 Å². The van der Waals surface area contributed by atoms with E-state index in [9.17, 15) is 19.2 Å². The Morgan fingerprint density at radius 3 is 1.83 bits per heavy atom. The molecule has 0 radical (unpaired) electrons. The van der Waals surface area contributed by atoms with Crippen molar-refractivity contribution >= 4 is 24.1 Å². The summed E-state index contributed by atoms with van der Waals surface area (Å²) in [6.45, 7) is 4.55. The number of alkyl carbamates (subject to hydrolysis) is 2. The molecule has 0 bridgehead atoms. The van der Waals surface area contributed by atoms with Crippen molar-refractivity contribution < 1.29 is 38.1 Å². The minimum absolute atomic E-state index is 0.142. The number of hydrogen-bond donors (Lipinski definition) is 2. The van der Waals surface area contributed by atoms with Crippen LogP contribution >= 0.6 is 0 Å². The van der Waals surface area contributed by atoms with Gasteiger partial charge in [0.25, 0.3) is 0 Å². The van der Waals surface area contributed by atoms with E-state index in [2.05, 4.69) is 22.9 Å². The van der Waals surface area contributed by atoms with Crippen molar-refractivity contribution in [2.45, 2.75) is 64.3 Å². The number of ether oxygens (including phenoxy) is 4. The number of carbonyl (C=O) groups is 4. The number of esters is 2. The van der Waals surface area contributed by atoms with E-state index in [1.807, 2.05) is 60.7 Å². The van der Waals surface area contributed by atoms with Gasteiger partial charge in [0.15, 0.2) is 0 Å². The van der Waals surface area contributed by atoms with Crippen LogP contribution in [0.3, 0.4) is 0 Å².